The lowest BCUT2D eigenvalue weighted by atomic mass is 9.84. The largest absolute Gasteiger partial charge is 0.287 e. The molecule has 0 unspecified atom stereocenters. The lowest BCUT2D eigenvalue weighted by Crippen LogP contribution is -2.18. The number of Topliss-reactive ketones (excluding diaryl/α,β-unsaturated/α-hetero) is 2. The molecule has 254 valence electrons. The fourth-order valence-electron chi connectivity index (χ4n) is 7.51. The molecule has 2 aliphatic carbocycles. The van der Waals surface area contributed by atoms with E-state index in [1.54, 1.807) is 11.3 Å². The van der Waals surface area contributed by atoms with Gasteiger partial charge in [0.2, 0.25) is 11.6 Å². The second-order valence-corrected chi connectivity index (χ2v) is 14.5. The zero-order chi connectivity index (χ0) is 35.7. The average Bonchev–Trinajstić information content (AvgIpc) is 3.67. The number of benzene rings is 4. The fourth-order valence-corrected chi connectivity index (χ4v) is 8.33. The van der Waals surface area contributed by atoms with Crippen LogP contribution in [0.4, 0.5) is 0 Å². The summed E-state index contributed by atoms with van der Waals surface area (Å²) in [5, 5.41) is 2.06. The van der Waals surface area contributed by atoms with Crippen LogP contribution in [0.2, 0.25) is 0 Å². The molecule has 7 aromatic rings. The molecule has 0 saturated carbocycles. The second-order valence-electron chi connectivity index (χ2n) is 13.5. The molecule has 3 heterocycles. The Hall–Kier alpha value is -6.30. The van der Waals surface area contributed by atoms with Gasteiger partial charge in [-0.1, -0.05) is 121 Å². The summed E-state index contributed by atoms with van der Waals surface area (Å²) in [6.45, 7) is 0. The van der Waals surface area contributed by atoms with Gasteiger partial charge in [0.1, 0.15) is 11.4 Å². The number of allylic oxidation sites excluding steroid dienone is 2. The van der Waals surface area contributed by atoms with Crippen molar-refractivity contribution < 1.29 is 9.59 Å². The molecule has 0 amide bonds. The molecule has 5 heteroatoms. The van der Waals surface area contributed by atoms with Crippen LogP contribution in [0.1, 0.15) is 55.4 Å². The smallest absolute Gasteiger partial charge is 0.207 e. The molecule has 0 radical (unpaired) electrons. The van der Waals surface area contributed by atoms with Gasteiger partial charge in [-0.15, -0.1) is 11.3 Å². The Morgan fingerprint density at radius 1 is 0.472 bits per heavy atom. The van der Waals surface area contributed by atoms with Gasteiger partial charge in [-0.25, -0.2) is 9.97 Å². The second kappa shape index (κ2) is 14.0. The van der Waals surface area contributed by atoms with Crippen LogP contribution < -0.4 is 0 Å². The monoisotopic (exact) mass is 702 g/mol. The summed E-state index contributed by atoms with van der Waals surface area (Å²) in [6.07, 6.45) is 6.75. The Balaban J connectivity index is 1.03. The van der Waals surface area contributed by atoms with Gasteiger partial charge in [0.25, 0.3) is 0 Å². The van der Waals surface area contributed by atoms with Gasteiger partial charge in [-0.3, -0.25) is 9.59 Å². The van der Waals surface area contributed by atoms with Crippen LogP contribution >= 0.6 is 11.3 Å². The minimum atomic E-state index is -0.0269. The fraction of sp³-hybridized carbons (Fsp3) is 0.0833. The van der Waals surface area contributed by atoms with E-state index in [2.05, 4.69) is 47.8 Å². The topological polar surface area (TPSA) is 59.9 Å². The molecule has 0 bridgehead atoms. The molecule has 9 rings (SSSR count). The molecule has 4 nitrogen and oxygen atoms in total. The number of carbonyl (C=O) groups excluding carboxylic acids is 2. The Morgan fingerprint density at radius 3 is 1.34 bits per heavy atom. The van der Waals surface area contributed by atoms with E-state index in [4.69, 9.17) is 9.97 Å². The van der Waals surface area contributed by atoms with Crippen molar-refractivity contribution in [3.05, 3.63) is 189 Å². The van der Waals surface area contributed by atoms with E-state index in [1.807, 2.05) is 109 Å². The van der Waals surface area contributed by atoms with Crippen molar-refractivity contribution in [1.29, 1.82) is 0 Å². The number of rotatable bonds is 6. The Bertz CT molecular complexity index is 2390. The average molecular weight is 703 g/mol. The highest BCUT2D eigenvalue weighted by atomic mass is 32.1. The first-order chi connectivity index (χ1) is 26.1. The summed E-state index contributed by atoms with van der Waals surface area (Å²) in [7, 11) is 0. The van der Waals surface area contributed by atoms with Gasteiger partial charge in [0, 0.05) is 27.2 Å². The van der Waals surface area contributed by atoms with E-state index in [0.717, 1.165) is 90.3 Å². The van der Waals surface area contributed by atoms with Gasteiger partial charge >= 0.3 is 0 Å². The SMILES string of the molecule is O=C1/C(=C/c2csc(/C=C3\CCc4c(-c5ccccc5)cc(-c5ccccc5)nc4C3=O)c2)CCc2c(-c3ccccc3)cc(-c3ccccc3)nc21. The number of carbonyl (C=O) groups is 2. The van der Waals surface area contributed by atoms with Gasteiger partial charge in [-0.2, -0.15) is 0 Å². The predicted octanol–water partition coefficient (Wildman–Crippen LogP) is 11.6. The number of pyridine rings is 2. The van der Waals surface area contributed by atoms with E-state index in [1.165, 1.54) is 0 Å². The molecule has 0 spiro atoms. The minimum absolute atomic E-state index is 0.0249. The highest BCUT2D eigenvalue weighted by Gasteiger charge is 2.29. The standard InChI is InChI=1S/C48H34N2O2S/c51-47-36(21-23-39-41(32-13-5-1-6-14-32)28-43(49-45(39)47)34-17-9-3-10-18-34)25-31-26-38(53-30-31)27-37-22-24-40-42(33-15-7-2-8-16-33)29-44(50-46(40)48(37)52)35-19-11-4-12-20-35/h1-20,25-30H,21-24H2/b36-25+,37-27+. The molecule has 2 aliphatic rings. The van der Waals surface area contributed by atoms with Crippen LogP contribution in [0.25, 0.3) is 56.9 Å². The van der Waals surface area contributed by atoms with Crippen LogP contribution in [0.5, 0.6) is 0 Å². The normalized spacial score (nSPS) is 15.4. The lowest BCUT2D eigenvalue weighted by Gasteiger charge is -2.21. The summed E-state index contributed by atoms with van der Waals surface area (Å²) >= 11 is 1.58. The first kappa shape index (κ1) is 32.6. The number of nitrogens with zero attached hydrogens (tertiary/aromatic N) is 2. The molecular weight excluding hydrogens is 669 g/mol. The molecule has 0 atom stereocenters. The molecule has 0 fully saturated rings. The molecule has 3 aromatic heterocycles. The van der Waals surface area contributed by atoms with E-state index < -0.39 is 0 Å². The third kappa shape index (κ3) is 6.41. The van der Waals surface area contributed by atoms with Crippen LogP contribution in [0.15, 0.2) is 156 Å². The Kier molecular flexibility index (Phi) is 8.62. The van der Waals surface area contributed by atoms with Gasteiger partial charge in [0.15, 0.2) is 0 Å². The van der Waals surface area contributed by atoms with Crippen LogP contribution in [-0.2, 0) is 12.8 Å². The predicted molar refractivity (Wildman–Crippen MR) is 216 cm³/mol. The molecule has 4 aromatic carbocycles. The molecule has 0 aliphatic heterocycles. The summed E-state index contributed by atoms with van der Waals surface area (Å²) in [6, 6.07) is 46.9. The zero-order valence-electron chi connectivity index (χ0n) is 29.0. The molecule has 0 saturated heterocycles. The Labute approximate surface area is 312 Å². The zero-order valence-corrected chi connectivity index (χ0v) is 29.8. The third-order valence-electron chi connectivity index (χ3n) is 10.2. The van der Waals surface area contributed by atoms with Gasteiger partial charge in [0.05, 0.1) is 11.4 Å². The van der Waals surface area contributed by atoms with Crippen molar-refractivity contribution in [2.45, 2.75) is 25.7 Å². The number of fused-ring (bicyclic) bond motifs is 2. The number of ketones is 2. The first-order valence-corrected chi connectivity index (χ1v) is 18.9. The maximum Gasteiger partial charge on any atom is 0.207 e. The van der Waals surface area contributed by atoms with Crippen molar-refractivity contribution in [2.75, 3.05) is 0 Å². The number of hydrogen-bond acceptors (Lipinski definition) is 5. The van der Waals surface area contributed by atoms with Crippen LogP contribution in [-0.4, -0.2) is 21.5 Å². The van der Waals surface area contributed by atoms with Gasteiger partial charge < -0.3 is 0 Å². The quantitative estimate of drug-likeness (QED) is 0.162. The highest BCUT2D eigenvalue weighted by molar-refractivity contribution is 7.11. The third-order valence-corrected chi connectivity index (χ3v) is 11.1. The maximum absolute atomic E-state index is 14.1. The minimum Gasteiger partial charge on any atom is -0.287 e. The summed E-state index contributed by atoms with van der Waals surface area (Å²) < 4.78 is 0. The summed E-state index contributed by atoms with van der Waals surface area (Å²) in [5.41, 5.74) is 13.4. The Morgan fingerprint density at radius 2 is 0.887 bits per heavy atom. The highest BCUT2D eigenvalue weighted by Crippen LogP contribution is 2.38. The van der Waals surface area contributed by atoms with Gasteiger partial charge in [-0.05, 0) is 100 Å². The number of aromatic nitrogens is 2. The van der Waals surface area contributed by atoms with Crippen LogP contribution in [0, 0.1) is 0 Å². The molecule has 53 heavy (non-hydrogen) atoms. The molecule has 0 N–H and O–H groups in total. The summed E-state index contributed by atoms with van der Waals surface area (Å²) in [5.74, 6) is -0.0519. The summed E-state index contributed by atoms with van der Waals surface area (Å²) in [4.78, 5) is 39.2. The van der Waals surface area contributed by atoms with Crippen LogP contribution in [0.3, 0.4) is 0 Å². The van der Waals surface area contributed by atoms with E-state index in [9.17, 15) is 9.59 Å². The van der Waals surface area contributed by atoms with E-state index >= 15 is 0 Å². The van der Waals surface area contributed by atoms with E-state index in [0.29, 0.717) is 24.2 Å². The van der Waals surface area contributed by atoms with Crippen molar-refractivity contribution in [3.63, 3.8) is 0 Å². The van der Waals surface area contributed by atoms with E-state index in [-0.39, 0.29) is 11.6 Å². The van der Waals surface area contributed by atoms with Crippen molar-refractivity contribution >= 4 is 35.1 Å². The van der Waals surface area contributed by atoms with Crippen molar-refractivity contribution in [3.8, 4) is 44.8 Å². The molecular formula is C48H34N2O2S. The lowest BCUT2D eigenvalue weighted by molar-refractivity contribution is 0.101. The maximum atomic E-state index is 14.1. The van der Waals surface area contributed by atoms with Crippen molar-refractivity contribution in [1.82, 2.24) is 9.97 Å². The first-order valence-electron chi connectivity index (χ1n) is 18.0. The van der Waals surface area contributed by atoms with Crippen molar-refractivity contribution in [2.24, 2.45) is 0 Å². The number of hydrogen-bond donors (Lipinski definition) is 0. The number of thiophene rings is 1.